The zero-order valence-corrected chi connectivity index (χ0v) is 38.5. The number of aromatic amines is 1. The standard InChI is InChI=1S/C9H14N4O2S2.C9H16N2O4.C7H16N4O2.C5H9NO3.C4H9NO2.CH4/c1-4(10-6(3)14)7(15)11-5(2)8-12-13-9(16)17-8;1-5(10-7(3)12)8(13)11-6(2)9(14)15-4;1-4(9-6(3)12)7(13)10-5(2)11-8;1-3(5(8)9)6-4(2)7;1-3(5)4(6)7-2;/h4-5H,1-3H3,(H,10,14)(H,11,15)(H,13,16);5-6H,1-4H3,(H,10,12)(H,11,13);4-5,11H,8H2,1-3H3,(H,9,12)(H,10,13);3H,1-2H3,(H,6,7)(H,8,9);3H,5H2,1-2H3;1H4. The molecule has 1 heterocycles. The summed E-state index contributed by atoms with van der Waals surface area (Å²) in [5.41, 5.74) is 7.43. The summed E-state index contributed by atoms with van der Waals surface area (Å²) in [7, 11) is 2.55. The van der Waals surface area contributed by atoms with E-state index in [2.05, 4.69) is 62.3 Å². The number of ether oxygens (including phenoxy) is 2. The lowest BCUT2D eigenvalue weighted by molar-refractivity contribution is -0.144. The van der Waals surface area contributed by atoms with Crippen LogP contribution >= 0.6 is 23.6 Å². The number of methoxy groups -OCH3 is 2. The van der Waals surface area contributed by atoms with Crippen LogP contribution in [0.2, 0.25) is 0 Å². The molecule has 25 nitrogen and oxygen atoms in total. The molecule has 0 bridgehead atoms. The Morgan fingerprint density at radius 2 is 0.968 bits per heavy atom. The van der Waals surface area contributed by atoms with E-state index in [1.54, 1.807) is 34.6 Å². The van der Waals surface area contributed by atoms with Crippen LogP contribution in [0.1, 0.15) is 102 Å². The van der Waals surface area contributed by atoms with Gasteiger partial charge in [-0.1, -0.05) is 18.8 Å². The lowest BCUT2D eigenvalue weighted by atomic mass is 10.2. The van der Waals surface area contributed by atoms with Crippen molar-refractivity contribution in [3.63, 3.8) is 0 Å². The van der Waals surface area contributed by atoms with Crippen molar-refractivity contribution in [1.82, 2.24) is 52.8 Å². The molecule has 0 spiro atoms. The van der Waals surface area contributed by atoms with E-state index < -0.39 is 54.1 Å². The highest BCUT2D eigenvalue weighted by atomic mass is 32.1. The monoisotopic (exact) mass is 928 g/mol. The molecular formula is C35H68N12O13S2. The van der Waals surface area contributed by atoms with Crippen molar-refractivity contribution in [1.29, 1.82) is 0 Å². The second-order valence-electron chi connectivity index (χ2n) is 12.7. The number of amides is 7. The highest BCUT2D eigenvalue weighted by Crippen LogP contribution is 2.14. The van der Waals surface area contributed by atoms with E-state index in [4.69, 9.17) is 28.9 Å². The summed E-state index contributed by atoms with van der Waals surface area (Å²) in [6, 6.07) is -4.03. The van der Waals surface area contributed by atoms with Crippen LogP contribution in [0.5, 0.6) is 0 Å². The number of esters is 2. The number of aromatic nitrogens is 2. The third kappa shape index (κ3) is 36.2. The van der Waals surface area contributed by atoms with Gasteiger partial charge in [0.05, 0.1) is 26.4 Å². The number of carboxylic acid groups (broad SMARTS) is 1. The average molecular weight is 929 g/mol. The van der Waals surface area contributed by atoms with E-state index in [0.29, 0.717) is 8.96 Å². The Balaban J connectivity index is -0.000000224. The van der Waals surface area contributed by atoms with Crippen LogP contribution in [0.25, 0.3) is 0 Å². The van der Waals surface area contributed by atoms with Crippen LogP contribution in [-0.4, -0.2) is 131 Å². The Morgan fingerprint density at radius 3 is 1.23 bits per heavy atom. The van der Waals surface area contributed by atoms with Gasteiger partial charge in [-0.15, -0.1) is 0 Å². The number of nitrogens with zero attached hydrogens (tertiary/aromatic N) is 1. The summed E-state index contributed by atoms with van der Waals surface area (Å²) in [4.78, 5) is 108. The summed E-state index contributed by atoms with van der Waals surface area (Å²) in [6.07, 6.45) is -0.316. The highest BCUT2D eigenvalue weighted by molar-refractivity contribution is 7.73. The number of hydrogen-bond acceptors (Lipinski definition) is 18. The molecule has 0 aromatic carbocycles. The molecule has 1 aromatic heterocycles. The maximum Gasteiger partial charge on any atom is 0.328 e. The average Bonchev–Trinajstić information content (AvgIpc) is 3.59. The second-order valence-corrected chi connectivity index (χ2v) is 14.4. The predicted molar refractivity (Wildman–Crippen MR) is 232 cm³/mol. The molecule has 27 heteroatoms. The maximum absolute atomic E-state index is 11.7. The van der Waals surface area contributed by atoms with Crippen LogP contribution in [-0.2, 0) is 57.4 Å². The number of carbonyl (C=O) groups is 10. The Hall–Kier alpha value is -5.64. The lowest BCUT2D eigenvalue weighted by Gasteiger charge is -2.16. The van der Waals surface area contributed by atoms with Crippen LogP contribution in [0.15, 0.2) is 0 Å². The predicted octanol–water partition coefficient (Wildman–Crippen LogP) is -1.73. The highest BCUT2D eigenvalue weighted by Gasteiger charge is 2.21. The topological polar surface area (TPSA) is 386 Å². The molecule has 1 aromatic rings. The van der Waals surface area contributed by atoms with Crippen molar-refractivity contribution in [2.75, 3.05) is 14.2 Å². The van der Waals surface area contributed by atoms with Crippen molar-refractivity contribution in [3.05, 3.63) is 8.96 Å². The molecule has 0 fully saturated rings. The first kappa shape index (κ1) is 65.5. The van der Waals surface area contributed by atoms with E-state index in [0.717, 1.165) is 0 Å². The molecular weight excluding hydrogens is 861 g/mol. The Bertz CT molecular complexity index is 1640. The number of nitrogens with two attached hydrogens (primary N) is 2. The van der Waals surface area contributed by atoms with E-state index >= 15 is 0 Å². The SMILES string of the molecule is C.CC(=O)NC(C)C(=O)NC(C)NN.CC(=O)NC(C)C(=O)NC(C)c1n[nH]c(=S)s1.CC(=O)NC(C)C(=O)O.COC(=O)C(C)N.COC(=O)C(C)NC(=O)C(C)NC(C)=O. The van der Waals surface area contributed by atoms with Gasteiger partial charge in [-0.25, -0.2) is 10.2 Å². The molecule has 358 valence electrons. The summed E-state index contributed by atoms with van der Waals surface area (Å²) < 4.78 is 9.25. The maximum atomic E-state index is 11.7. The normalized spacial score (nSPS) is 13.4. The van der Waals surface area contributed by atoms with Gasteiger partial charge in [0.25, 0.3) is 0 Å². The van der Waals surface area contributed by atoms with Crippen molar-refractivity contribution in [2.24, 2.45) is 11.6 Å². The summed E-state index contributed by atoms with van der Waals surface area (Å²) in [5, 5.41) is 32.8. The number of H-pyrrole nitrogens is 1. The van der Waals surface area contributed by atoms with E-state index in [1.165, 1.54) is 74.0 Å². The quantitative estimate of drug-likeness (QED) is 0.0305. The van der Waals surface area contributed by atoms with Gasteiger partial charge in [0.2, 0.25) is 41.4 Å². The first-order valence-corrected chi connectivity index (χ1v) is 19.3. The van der Waals surface area contributed by atoms with Gasteiger partial charge in [0.1, 0.15) is 41.3 Å². The number of nitrogens with one attached hydrogen (secondary N) is 9. The summed E-state index contributed by atoms with van der Waals surface area (Å²) in [5.74, 6) is 1.07. The number of carbonyl (C=O) groups excluding carboxylic acids is 9. The fourth-order valence-electron chi connectivity index (χ4n) is 3.44. The number of hydrazine groups is 1. The minimum absolute atomic E-state index is 0. The van der Waals surface area contributed by atoms with Gasteiger partial charge in [-0.2, -0.15) is 5.10 Å². The van der Waals surface area contributed by atoms with E-state index in [-0.39, 0.29) is 61.0 Å². The number of rotatable bonds is 15. The molecule has 0 radical (unpaired) electrons. The molecule has 7 amide bonds. The third-order valence-corrected chi connectivity index (χ3v) is 7.78. The fraction of sp³-hybridized carbons (Fsp3) is 0.657. The molecule has 14 N–H and O–H groups in total. The lowest BCUT2D eigenvalue weighted by Crippen LogP contribution is -2.52. The Labute approximate surface area is 371 Å². The molecule has 1 rings (SSSR count). The minimum atomic E-state index is -1.02. The molecule has 8 atom stereocenters. The van der Waals surface area contributed by atoms with Gasteiger partial charge >= 0.3 is 17.9 Å². The van der Waals surface area contributed by atoms with Gasteiger partial charge in [0.15, 0.2) is 3.95 Å². The fourth-order valence-corrected chi connectivity index (χ4v) is 4.35. The first-order chi connectivity index (χ1) is 28.0. The van der Waals surface area contributed by atoms with E-state index in [1.807, 2.05) is 0 Å². The molecule has 62 heavy (non-hydrogen) atoms. The van der Waals surface area contributed by atoms with Gasteiger partial charge in [0, 0.05) is 27.7 Å². The van der Waals surface area contributed by atoms with Crippen molar-refractivity contribution in [3.8, 4) is 0 Å². The third-order valence-electron chi connectivity index (χ3n) is 6.51. The number of carboxylic acids is 1. The second kappa shape index (κ2) is 36.1. The molecule has 8 unspecified atom stereocenters. The van der Waals surface area contributed by atoms with Crippen LogP contribution in [0.4, 0.5) is 0 Å². The van der Waals surface area contributed by atoms with Gasteiger partial charge < -0.3 is 57.5 Å². The molecule has 0 aliphatic carbocycles. The number of hydrogen-bond donors (Lipinski definition) is 12. The van der Waals surface area contributed by atoms with E-state index in [9.17, 15) is 47.9 Å². The number of aliphatic carboxylic acids is 1. The molecule has 0 aliphatic heterocycles. The smallest absolute Gasteiger partial charge is 0.328 e. The van der Waals surface area contributed by atoms with Gasteiger partial charge in [-0.05, 0) is 67.6 Å². The molecule has 0 saturated carbocycles. The van der Waals surface area contributed by atoms with Crippen molar-refractivity contribution in [2.45, 2.75) is 139 Å². The van der Waals surface area contributed by atoms with Gasteiger partial charge in [-0.3, -0.25) is 54.1 Å². The van der Waals surface area contributed by atoms with Crippen molar-refractivity contribution < 1.29 is 62.5 Å². The molecule has 0 aliphatic rings. The minimum Gasteiger partial charge on any atom is -0.480 e. The van der Waals surface area contributed by atoms with Crippen LogP contribution < -0.4 is 54.2 Å². The zero-order chi connectivity index (χ0) is 48.7. The Morgan fingerprint density at radius 1 is 0.613 bits per heavy atom. The summed E-state index contributed by atoms with van der Waals surface area (Å²) >= 11 is 6.21. The molecule has 0 saturated heterocycles. The van der Waals surface area contributed by atoms with Crippen LogP contribution in [0.3, 0.4) is 0 Å². The first-order valence-electron chi connectivity index (χ1n) is 18.1. The zero-order valence-electron chi connectivity index (χ0n) is 36.9. The Kier molecular flexibility index (Phi) is 38.1. The largest absolute Gasteiger partial charge is 0.480 e. The van der Waals surface area contributed by atoms with Crippen molar-refractivity contribution >= 4 is 82.8 Å². The summed E-state index contributed by atoms with van der Waals surface area (Å²) in [6.45, 7) is 18.0. The van der Waals surface area contributed by atoms with Crippen LogP contribution in [0, 0.1) is 3.95 Å².